The number of phosphoric acid groups is 1. The molecule has 1 aromatic heterocycles. The summed E-state index contributed by atoms with van der Waals surface area (Å²) in [5.41, 5.74) is -0.900. The molecule has 1 N–H and O–H groups in total. The molecule has 3 unspecified atom stereocenters. The monoisotopic (exact) mass is 413 g/mol. The molecule has 156 valence electrons. The molecule has 0 spiro atoms. The number of hydrogen-bond acceptors (Lipinski definition) is 6. The van der Waals surface area contributed by atoms with Gasteiger partial charge in [0.1, 0.15) is 6.23 Å². The van der Waals surface area contributed by atoms with Gasteiger partial charge in [-0.2, -0.15) is 0 Å². The lowest BCUT2D eigenvalue weighted by Crippen LogP contribution is -2.41. The van der Waals surface area contributed by atoms with Crippen molar-refractivity contribution in [3.05, 3.63) is 46.9 Å². The molecule has 4 atom stereocenters. The summed E-state index contributed by atoms with van der Waals surface area (Å²) in [6.07, 6.45) is 0.433. The molecule has 1 heterocycles. The molecule has 8 nitrogen and oxygen atoms in total. The van der Waals surface area contributed by atoms with Gasteiger partial charge >= 0.3 is 7.82 Å². The molecular formula is C19H28NO7P. The van der Waals surface area contributed by atoms with Crippen molar-refractivity contribution in [1.82, 2.24) is 4.57 Å². The maximum Gasteiger partial charge on any atom is 0.472 e. The van der Waals surface area contributed by atoms with Gasteiger partial charge in [-0.05, 0) is 31.4 Å². The first-order chi connectivity index (χ1) is 13.1. The summed E-state index contributed by atoms with van der Waals surface area (Å²) in [5.74, 6) is 0. The lowest BCUT2D eigenvalue weighted by atomic mass is 9.87. The Morgan fingerprint density at radius 2 is 1.86 bits per heavy atom. The molecule has 9 heteroatoms. The van der Waals surface area contributed by atoms with Gasteiger partial charge < -0.3 is 14.4 Å². The van der Waals surface area contributed by atoms with Crippen molar-refractivity contribution in [2.24, 2.45) is 5.41 Å². The molecule has 0 aliphatic carbocycles. The predicted octanol–water partition coefficient (Wildman–Crippen LogP) is 3.34. The second kappa shape index (κ2) is 9.31. The molecule has 1 aromatic carbocycles. The normalized spacial score (nSPS) is 18.4. The van der Waals surface area contributed by atoms with Gasteiger partial charge in [0.25, 0.3) is 5.56 Å². The second-order valence-corrected chi connectivity index (χ2v) is 8.52. The zero-order valence-corrected chi connectivity index (χ0v) is 17.7. The number of rotatable bonds is 10. The summed E-state index contributed by atoms with van der Waals surface area (Å²) in [7, 11) is -1.53. The number of benzene rings is 1. The van der Waals surface area contributed by atoms with E-state index in [0.29, 0.717) is 5.39 Å². The number of methoxy groups -OCH3 is 1. The first-order valence-corrected chi connectivity index (χ1v) is 10.4. The van der Waals surface area contributed by atoms with Crippen LogP contribution in [0.5, 0.6) is 0 Å². The van der Waals surface area contributed by atoms with Crippen molar-refractivity contribution in [2.75, 3.05) is 27.4 Å². The predicted molar refractivity (Wildman–Crippen MR) is 106 cm³/mol. The quantitative estimate of drug-likeness (QED) is 0.597. The first-order valence-electron chi connectivity index (χ1n) is 8.91. The summed E-state index contributed by atoms with van der Waals surface area (Å²) >= 11 is 0. The fourth-order valence-corrected chi connectivity index (χ4v) is 3.60. The van der Waals surface area contributed by atoms with E-state index in [1.165, 1.54) is 11.7 Å². The summed E-state index contributed by atoms with van der Waals surface area (Å²) < 4.78 is 34.1. The molecule has 0 fully saturated rings. The Morgan fingerprint density at radius 1 is 1.18 bits per heavy atom. The highest BCUT2D eigenvalue weighted by Gasteiger charge is 2.38. The van der Waals surface area contributed by atoms with Gasteiger partial charge in [-0.15, -0.1) is 0 Å². The van der Waals surface area contributed by atoms with Crippen LogP contribution in [0.1, 0.15) is 27.0 Å². The van der Waals surface area contributed by atoms with E-state index in [-0.39, 0.29) is 18.8 Å². The van der Waals surface area contributed by atoms with Gasteiger partial charge in [-0.3, -0.25) is 18.4 Å². The number of phosphoric ester groups is 1. The Balaban J connectivity index is 2.18. The van der Waals surface area contributed by atoms with Crippen molar-refractivity contribution >= 4 is 18.6 Å². The maximum atomic E-state index is 12.7. The Kier molecular flexibility index (Phi) is 7.56. The third-order valence-corrected chi connectivity index (χ3v) is 5.91. The molecule has 0 saturated heterocycles. The van der Waals surface area contributed by atoms with Crippen molar-refractivity contribution in [3.8, 4) is 0 Å². The standard InChI is InChI=1S/C19H28NO7P/c1-14(27-28(22,23)25-5)19(3,12-24-4)13-26-15(2)20-11-10-16-8-6-7-9-17(16)18(20)21/h6-11,14-15H,12-13H2,1-5H3,(H,22,23)/t14?,15-,19?/m0/s1. The summed E-state index contributed by atoms with van der Waals surface area (Å²) in [5, 5.41) is 1.47. The largest absolute Gasteiger partial charge is 0.472 e. The van der Waals surface area contributed by atoms with E-state index in [9.17, 15) is 14.3 Å². The molecule has 0 amide bonds. The van der Waals surface area contributed by atoms with E-state index in [2.05, 4.69) is 4.52 Å². The summed E-state index contributed by atoms with van der Waals surface area (Å²) in [4.78, 5) is 22.3. The van der Waals surface area contributed by atoms with Gasteiger partial charge in [0.15, 0.2) is 0 Å². The fraction of sp³-hybridized carbons (Fsp3) is 0.526. The van der Waals surface area contributed by atoms with Crippen molar-refractivity contribution in [3.63, 3.8) is 0 Å². The molecule has 0 bridgehead atoms. The molecule has 0 radical (unpaired) electrons. The second-order valence-electron chi connectivity index (χ2n) is 7.01. The maximum absolute atomic E-state index is 12.7. The number of hydrogen-bond donors (Lipinski definition) is 1. The fourth-order valence-electron chi connectivity index (χ4n) is 2.86. The Morgan fingerprint density at radius 3 is 2.50 bits per heavy atom. The highest BCUT2D eigenvalue weighted by atomic mass is 31.2. The van der Waals surface area contributed by atoms with Gasteiger partial charge in [0.05, 0.1) is 19.3 Å². The van der Waals surface area contributed by atoms with Gasteiger partial charge in [-0.1, -0.05) is 25.1 Å². The number of nitrogens with zero attached hydrogens (tertiary/aromatic N) is 1. The molecule has 2 aromatic rings. The summed E-state index contributed by atoms with van der Waals surface area (Å²) in [6, 6.07) is 9.21. The SMILES string of the molecule is COCC(C)(CO[C@@H](C)n1ccc2ccccc2c1=O)C(C)OP(=O)(O)OC. The lowest BCUT2D eigenvalue weighted by Gasteiger charge is -2.35. The van der Waals surface area contributed by atoms with Gasteiger partial charge in [0.2, 0.25) is 0 Å². The Bertz CT molecular complexity index is 899. The van der Waals surface area contributed by atoms with Crippen LogP contribution < -0.4 is 5.56 Å². The topological polar surface area (TPSA) is 96.2 Å². The summed E-state index contributed by atoms with van der Waals surface area (Å²) in [6.45, 7) is 5.58. The number of pyridine rings is 1. The van der Waals surface area contributed by atoms with Crippen LogP contribution in [0.3, 0.4) is 0 Å². The molecule has 28 heavy (non-hydrogen) atoms. The molecular weight excluding hydrogens is 385 g/mol. The zero-order valence-electron chi connectivity index (χ0n) is 16.8. The van der Waals surface area contributed by atoms with Crippen LogP contribution in [0.4, 0.5) is 0 Å². The molecule has 2 rings (SSSR count). The van der Waals surface area contributed by atoms with Crippen LogP contribution in [0.2, 0.25) is 0 Å². The van der Waals surface area contributed by atoms with E-state index >= 15 is 0 Å². The molecule has 0 aliphatic rings. The number of fused-ring (bicyclic) bond motifs is 1. The minimum Gasteiger partial charge on any atom is -0.384 e. The highest BCUT2D eigenvalue weighted by Crippen LogP contribution is 2.46. The number of ether oxygens (including phenoxy) is 2. The van der Waals surface area contributed by atoms with Crippen LogP contribution in [0.25, 0.3) is 10.8 Å². The Labute approximate surface area is 164 Å². The van der Waals surface area contributed by atoms with Crippen molar-refractivity contribution < 1.29 is 28.0 Å². The minimum absolute atomic E-state index is 0.131. The van der Waals surface area contributed by atoms with E-state index in [1.54, 1.807) is 26.1 Å². The van der Waals surface area contributed by atoms with Gasteiger partial charge in [-0.25, -0.2) is 4.57 Å². The average Bonchev–Trinajstić information content (AvgIpc) is 2.66. The van der Waals surface area contributed by atoms with E-state index in [4.69, 9.17) is 14.0 Å². The average molecular weight is 413 g/mol. The molecule has 0 saturated carbocycles. The van der Waals surface area contributed by atoms with Crippen LogP contribution in [-0.2, 0) is 23.1 Å². The van der Waals surface area contributed by atoms with E-state index in [1.807, 2.05) is 31.2 Å². The van der Waals surface area contributed by atoms with E-state index < -0.39 is 25.6 Å². The van der Waals surface area contributed by atoms with Crippen LogP contribution >= 0.6 is 7.82 Å². The highest BCUT2D eigenvalue weighted by molar-refractivity contribution is 7.47. The third-order valence-electron chi connectivity index (χ3n) is 4.86. The van der Waals surface area contributed by atoms with Crippen LogP contribution in [0, 0.1) is 5.41 Å². The first kappa shape index (κ1) is 22.7. The van der Waals surface area contributed by atoms with E-state index in [0.717, 1.165) is 12.5 Å². The minimum atomic E-state index is -4.16. The van der Waals surface area contributed by atoms with Gasteiger partial charge in [0, 0.05) is 31.2 Å². The van der Waals surface area contributed by atoms with Crippen LogP contribution in [-0.4, -0.2) is 43.0 Å². The van der Waals surface area contributed by atoms with Crippen molar-refractivity contribution in [2.45, 2.75) is 33.1 Å². The number of aromatic nitrogens is 1. The lowest BCUT2D eigenvalue weighted by molar-refractivity contribution is -0.0969. The Hall–Kier alpha value is -1.54. The smallest absolute Gasteiger partial charge is 0.384 e. The third kappa shape index (κ3) is 5.29. The zero-order chi connectivity index (χ0) is 20.9. The van der Waals surface area contributed by atoms with Crippen LogP contribution in [0.15, 0.2) is 41.3 Å². The molecule has 0 aliphatic heterocycles. The van der Waals surface area contributed by atoms with Crippen molar-refractivity contribution in [1.29, 1.82) is 0 Å².